The second-order valence-electron chi connectivity index (χ2n) is 2.01. The van der Waals surface area contributed by atoms with E-state index < -0.39 is 12.4 Å². The highest BCUT2D eigenvalue weighted by Gasteiger charge is 2.24. The highest BCUT2D eigenvalue weighted by atomic mass is 16.8. The summed E-state index contributed by atoms with van der Waals surface area (Å²) >= 11 is 0. The average molecular weight is 158 g/mol. The third-order valence-corrected chi connectivity index (χ3v) is 1.18. The second kappa shape index (κ2) is 3.98. The SMILES string of the molecule is C/C=C\COC1COC(=O)O1. The molecule has 0 aliphatic carbocycles. The Kier molecular flexibility index (Phi) is 2.92. The summed E-state index contributed by atoms with van der Waals surface area (Å²) in [6.07, 6.45) is 2.50. The van der Waals surface area contributed by atoms with Gasteiger partial charge in [-0.25, -0.2) is 4.79 Å². The van der Waals surface area contributed by atoms with E-state index >= 15 is 0 Å². The summed E-state index contributed by atoms with van der Waals surface area (Å²) in [6, 6.07) is 0. The summed E-state index contributed by atoms with van der Waals surface area (Å²) in [7, 11) is 0. The first-order valence-corrected chi connectivity index (χ1v) is 3.39. The molecule has 0 aromatic heterocycles. The zero-order valence-corrected chi connectivity index (χ0v) is 6.28. The summed E-state index contributed by atoms with van der Waals surface area (Å²) in [5, 5.41) is 0. The van der Waals surface area contributed by atoms with Gasteiger partial charge in [-0.2, -0.15) is 0 Å². The molecular formula is C7H10O4. The Labute approximate surface area is 64.7 Å². The monoisotopic (exact) mass is 158 g/mol. The quantitative estimate of drug-likeness (QED) is 0.455. The van der Waals surface area contributed by atoms with E-state index in [9.17, 15) is 4.79 Å². The van der Waals surface area contributed by atoms with Crippen molar-refractivity contribution in [2.75, 3.05) is 13.2 Å². The maximum atomic E-state index is 10.3. The van der Waals surface area contributed by atoms with Crippen LogP contribution in [0.3, 0.4) is 0 Å². The van der Waals surface area contributed by atoms with Gasteiger partial charge in [0.25, 0.3) is 0 Å². The van der Waals surface area contributed by atoms with E-state index in [2.05, 4.69) is 9.47 Å². The molecular weight excluding hydrogens is 148 g/mol. The standard InChI is InChI=1S/C7H10O4/c1-2-3-4-9-6-5-10-7(8)11-6/h2-3,6H,4-5H2,1H3/b3-2-. The molecule has 1 aliphatic heterocycles. The van der Waals surface area contributed by atoms with Crippen LogP contribution >= 0.6 is 0 Å². The fourth-order valence-corrected chi connectivity index (χ4v) is 0.653. The predicted molar refractivity (Wildman–Crippen MR) is 37.0 cm³/mol. The molecule has 1 rings (SSSR count). The summed E-state index contributed by atoms with van der Waals surface area (Å²) < 4.78 is 14.1. The molecule has 1 saturated heterocycles. The Balaban J connectivity index is 2.13. The Bertz CT molecular complexity index is 164. The maximum absolute atomic E-state index is 10.3. The van der Waals surface area contributed by atoms with Crippen molar-refractivity contribution in [3.63, 3.8) is 0 Å². The molecule has 0 radical (unpaired) electrons. The third kappa shape index (κ3) is 2.59. The van der Waals surface area contributed by atoms with Crippen molar-refractivity contribution in [2.45, 2.75) is 13.2 Å². The van der Waals surface area contributed by atoms with Crippen molar-refractivity contribution in [2.24, 2.45) is 0 Å². The van der Waals surface area contributed by atoms with Crippen LogP contribution in [0.15, 0.2) is 12.2 Å². The van der Waals surface area contributed by atoms with E-state index in [0.717, 1.165) is 0 Å². The van der Waals surface area contributed by atoms with Crippen molar-refractivity contribution >= 4 is 6.16 Å². The average Bonchev–Trinajstić information content (AvgIpc) is 2.37. The van der Waals surface area contributed by atoms with Crippen LogP contribution < -0.4 is 0 Å². The lowest BCUT2D eigenvalue weighted by molar-refractivity contribution is -0.0661. The minimum absolute atomic E-state index is 0.191. The molecule has 1 heterocycles. The lowest BCUT2D eigenvalue weighted by Crippen LogP contribution is -2.14. The highest BCUT2D eigenvalue weighted by molar-refractivity contribution is 5.61. The van der Waals surface area contributed by atoms with Gasteiger partial charge in [0.2, 0.25) is 6.29 Å². The molecule has 1 fully saturated rings. The first-order valence-electron chi connectivity index (χ1n) is 3.39. The molecule has 0 amide bonds. The first kappa shape index (κ1) is 8.07. The van der Waals surface area contributed by atoms with Gasteiger partial charge in [-0.05, 0) is 6.92 Å². The molecule has 62 valence electrons. The minimum atomic E-state index is -0.657. The number of carbonyl (C=O) groups excluding carboxylic acids is 1. The third-order valence-electron chi connectivity index (χ3n) is 1.18. The van der Waals surface area contributed by atoms with Gasteiger partial charge in [0.05, 0.1) is 6.61 Å². The van der Waals surface area contributed by atoms with Gasteiger partial charge in [0.1, 0.15) is 0 Å². The topological polar surface area (TPSA) is 44.8 Å². The molecule has 1 aliphatic rings. The van der Waals surface area contributed by atoms with Gasteiger partial charge in [0.15, 0.2) is 6.61 Å². The van der Waals surface area contributed by atoms with Gasteiger partial charge in [-0.1, -0.05) is 12.2 Å². The largest absolute Gasteiger partial charge is 0.510 e. The Morgan fingerprint density at radius 1 is 1.82 bits per heavy atom. The normalized spacial score (nSPS) is 23.7. The number of allylic oxidation sites excluding steroid dienone is 1. The van der Waals surface area contributed by atoms with Crippen molar-refractivity contribution in [3.05, 3.63) is 12.2 Å². The van der Waals surface area contributed by atoms with Crippen molar-refractivity contribution in [1.29, 1.82) is 0 Å². The predicted octanol–water partition coefficient (Wildman–Crippen LogP) is 1.07. The first-order chi connectivity index (χ1) is 5.33. The molecule has 0 aromatic carbocycles. The number of ether oxygens (including phenoxy) is 3. The van der Waals surface area contributed by atoms with Gasteiger partial charge in [-0.15, -0.1) is 0 Å². The fraction of sp³-hybridized carbons (Fsp3) is 0.571. The van der Waals surface area contributed by atoms with E-state index in [1.165, 1.54) is 0 Å². The van der Waals surface area contributed by atoms with E-state index in [0.29, 0.717) is 6.61 Å². The Morgan fingerprint density at radius 2 is 2.64 bits per heavy atom. The van der Waals surface area contributed by atoms with Crippen molar-refractivity contribution < 1.29 is 19.0 Å². The van der Waals surface area contributed by atoms with E-state index in [4.69, 9.17) is 4.74 Å². The lowest BCUT2D eigenvalue weighted by Gasteiger charge is -2.04. The van der Waals surface area contributed by atoms with E-state index in [1.54, 1.807) is 0 Å². The molecule has 1 atom stereocenters. The molecule has 0 bridgehead atoms. The van der Waals surface area contributed by atoms with E-state index in [1.807, 2.05) is 19.1 Å². The Hall–Kier alpha value is -1.03. The maximum Gasteiger partial charge on any atom is 0.510 e. The summed E-state index contributed by atoms with van der Waals surface area (Å²) in [4.78, 5) is 10.3. The smallest absolute Gasteiger partial charge is 0.428 e. The van der Waals surface area contributed by atoms with E-state index in [-0.39, 0.29) is 6.61 Å². The lowest BCUT2D eigenvalue weighted by atomic mass is 10.5. The van der Waals surface area contributed by atoms with Crippen LogP contribution in [0.4, 0.5) is 4.79 Å². The van der Waals surface area contributed by atoms with Crippen LogP contribution in [0.25, 0.3) is 0 Å². The molecule has 0 aromatic rings. The van der Waals surface area contributed by atoms with Crippen LogP contribution in [0.5, 0.6) is 0 Å². The summed E-state index contributed by atoms with van der Waals surface area (Å²) in [5.74, 6) is 0. The molecule has 4 heteroatoms. The van der Waals surface area contributed by atoms with Gasteiger partial charge in [0, 0.05) is 0 Å². The van der Waals surface area contributed by atoms with Crippen molar-refractivity contribution in [1.82, 2.24) is 0 Å². The van der Waals surface area contributed by atoms with Crippen LogP contribution in [0, 0.1) is 0 Å². The van der Waals surface area contributed by atoms with Crippen LogP contribution in [-0.4, -0.2) is 25.7 Å². The second-order valence-corrected chi connectivity index (χ2v) is 2.01. The fourth-order valence-electron chi connectivity index (χ4n) is 0.653. The Morgan fingerprint density at radius 3 is 3.18 bits per heavy atom. The van der Waals surface area contributed by atoms with Crippen LogP contribution in [0.2, 0.25) is 0 Å². The molecule has 11 heavy (non-hydrogen) atoms. The molecule has 0 spiro atoms. The number of hydrogen-bond acceptors (Lipinski definition) is 4. The van der Waals surface area contributed by atoms with Gasteiger partial charge in [-0.3, -0.25) is 0 Å². The number of hydrogen-bond donors (Lipinski definition) is 0. The zero-order chi connectivity index (χ0) is 8.10. The van der Waals surface area contributed by atoms with Gasteiger partial charge < -0.3 is 14.2 Å². The minimum Gasteiger partial charge on any atom is -0.428 e. The number of cyclic esters (lactones) is 2. The van der Waals surface area contributed by atoms with Gasteiger partial charge >= 0.3 is 6.16 Å². The number of rotatable bonds is 3. The number of carbonyl (C=O) groups is 1. The molecule has 0 N–H and O–H groups in total. The zero-order valence-electron chi connectivity index (χ0n) is 6.28. The van der Waals surface area contributed by atoms with Crippen LogP contribution in [0.1, 0.15) is 6.92 Å². The molecule has 0 saturated carbocycles. The summed E-state index contributed by atoms with van der Waals surface area (Å²) in [5.41, 5.74) is 0. The molecule has 4 nitrogen and oxygen atoms in total. The van der Waals surface area contributed by atoms with Crippen molar-refractivity contribution in [3.8, 4) is 0 Å². The van der Waals surface area contributed by atoms with Crippen LogP contribution in [-0.2, 0) is 14.2 Å². The highest BCUT2D eigenvalue weighted by Crippen LogP contribution is 2.06. The summed E-state index contributed by atoms with van der Waals surface area (Å²) in [6.45, 7) is 2.52. The molecule has 1 unspecified atom stereocenters.